The third kappa shape index (κ3) is 9.76. The van der Waals surface area contributed by atoms with Gasteiger partial charge in [-0.2, -0.15) is 0 Å². The maximum atomic E-state index is 13.4. The van der Waals surface area contributed by atoms with Crippen molar-refractivity contribution < 1.29 is 32.8 Å². The summed E-state index contributed by atoms with van der Waals surface area (Å²) in [4.78, 5) is 31.0. The number of hydrogen-bond acceptors (Lipinski definition) is 6. The highest BCUT2D eigenvalue weighted by Gasteiger charge is 2.21. The molecule has 0 atom stereocenters. The summed E-state index contributed by atoms with van der Waals surface area (Å²) in [7, 11) is 0. The predicted octanol–water partition coefficient (Wildman–Crippen LogP) is 6.03. The Bertz CT molecular complexity index is 994. The van der Waals surface area contributed by atoms with Crippen LogP contribution in [0.5, 0.6) is 11.5 Å². The van der Waals surface area contributed by atoms with Crippen LogP contribution < -0.4 is 9.47 Å². The van der Waals surface area contributed by atoms with Crippen molar-refractivity contribution >= 4 is 18.3 Å². The molecular formula is C24H29F2NO6. The number of halogens is 2. The number of carbonyl (C=O) groups is 2. The molecule has 0 unspecified atom stereocenters. The first-order valence-corrected chi connectivity index (χ1v) is 10.1. The minimum atomic E-state index is -0.834. The maximum Gasteiger partial charge on any atom is 0.311 e. The molecule has 0 bridgehead atoms. The van der Waals surface area contributed by atoms with Crippen LogP contribution in [0.4, 0.5) is 14.5 Å². The van der Waals surface area contributed by atoms with Gasteiger partial charge < -0.3 is 9.47 Å². The Morgan fingerprint density at radius 1 is 0.848 bits per heavy atom. The quantitative estimate of drug-likeness (QED) is 0.281. The van der Waals surface area contributed by atoms with Gasteiger partial charge in [-0.25, -0.2) is 8.78 Å². The molecule has 0 aliphatic carbocycles. The fraction of sp³-hybridized carbons (Fsp3) is 0.417. The fourth-order valence-electron chi connectivity index (χ4n) is 2.20. The number of nitro groups is 1. The van der Waals surface area contributed by atoms with Crippen LogP contribution in [-0.2, 0) is 0 Å². The second kappa shape index (κ2) is 11.5. The zero-order valence-corrected chi connectivity index (χ0v) is 19.6. The van der Waals surface area contributed by atoms with Crippen LogP contribution in [0, 0.1) is 32.6 Å². The highest BCUT2D eigenvalue weighted by Crippen LogP contribution is 2.31. The Hall–Kier alpha value is -3.36. The molecule has 0 aliphatic heterocycles. The summed E-state index contributed by atoms with van der Waals surface area (Å²) >= 11 is 0. The van der Waals surface area contributed by atoms with Crippen molar-refractivity contribution in [1.82, 2.24) is 0 Å². The zero-order chi connectivity index (χ0) is 25.4. The lowest BCUT2D eigenvalue weighted by Crippen LogP contribution is -2.17. The summed E-state index contributed by atoms with van der Waals surface area (Å²) < 4.78 is 37.2. The standard InChI is InChI=1S/C12H14FNO4.C12H15FO2/c1-12(2,3)7-18-11-5-9(13)8(6-15)4-10(11)14(16)17;1-12(2,3)8-15-10-5-4-9(7-14)11(13)6-10/h4-6H,7H2,1-3H3;4-7H,8H2,1-3H3. The number of ether oxygens (including phenoxy) is 2. The molecule has 0 saturated carbocycles. The molecule has 0 amide bonds. The second-order valence-electron chi connectivity index (χ2n) is 9.72. The number of rotatable bonds is 7. The van der Waals surface area contributed by atoms with E-state index in [1.54, 1.807) is 6.07 Å². The Labute approximate surface area is 191 Å². The number of hydrogen-bond donors (Lipinski definition) is 0. The molecule has 33 heavy (non-hydrogen) atoms. The Morgan fingerprint density at radius 2 is 1.36 bits per heavy atom. The van der Waals surface area contributed by atoms with Gasteiger partial charge in [0, 0.05) is 18.2 Å². The van der Waals surface area contributed by atoms with Crippen LogP contribution in [0.25, 0.3) is 0 Å². The molecule has 0 aliphatic rings. The van der Waals surface area contributed by atoms with Crippen LogP contribution in [0.1, 0.15) is 62.3 Å². The Balaban J connectivity index is 0.000000335. The summed E-state index contributed by atoms with van der Waals surface area (Å²) in [6.07, 6.45) is 0.721. The topological polar surface area (TPSA) is 95.7 Å². The summed E-state index contributed by atoms with van der Waals surface area (Å²) in [5.41, 5.74) is -0.904. The van der Waals surface area contributed by atoms with Gasteiger partial charge in [0.25, 0.3) is 0 Å². The summed E-state index contributed by atoms with van der Waals surface area (Å²) in [5, 5.41) is 10.8. The molecule has 2 rings (SSSR count). The van der Waals surface area contributed by atoms with Crippen LogP contribution in [0.3, 0.4) is 0 Å². The van der Waals surface area contributed by atoms with E-state index in [4.69, 9.17) is 9.47 Å². The van der Waals surface area contributed by atoms with Gasteiger partial charge in [0.15, 0.2) is 18.3 Å². The number of nitro benzene ring substituents is 1. The Kier molecular flexibility index (Phi) is 9.63. The van der Waals surface area contributed by atoms with E-state index in [-0.39, 0.29) is 40.6 Å². The molecule has 0 spiro atoms. The second-order valence-corrected chi connectivity index (χ2v) is 9.72. The van der Waals surface area contributed by atoms with Gasteiger partial charge in [-0.15, -0.1) is 0 Å². The maximum absolute atomic E-state index is 13.4. The van der Waals surface area contributed by atoms with Crippen molar-refractivity contribution in [3.63, 3.8) is 0 Å². The normalized spacial score (nSPS) is 11.2. The number of benzene rings is 2. The van der Waals surface area contributed by atoms with E-state index in [0.717, 1.165) is 12.1 Å². The first-order chi connectivity index (χ1) is 15.2. The van der Waals surface area contributed by atoms with E-state index in [1.165, 1.54) is 12.1 Å². The van der Waals surface area contributed by atoms with Crippen molar-refractivity contribution in [3.05, 3.63) is 63.2 Å². The summed E-state index contributed by atoms with van der Waals surface area (Å²) in [5.74, 6) is -1.10. The SMILES string of the molecule is CC(C)(C)COc1cc(F)c(C=O)cc1[N+](=O)[O-].CC(C)(C)COc1ccc(C=O)c(F)c1. The molecule has 0 aromatic heterocycles. The average molecular weight is 465 g/mol. The minimum absolute atomic E-state index is 0.0276. The fourth-order valence-corrected chi connectivity index (χ4v) is 2.20. The number of carbonyl (C=O) groups excluding carboxylic acids is 2. The molecule has 180 valence electrons. The molecule has 9 heteroatoms. The van der Waals surface area contributed by atoms with Crippen molar-refractivity contribution in [2.45, 2.75) is 41.5 Å². The highest BCUT2D eigenvalue weighted by molar-refractivity contribution is 5.77. The molecule has 0 N–H and O–H groups in total. The number of aldehydes is 2. The Morgan fingerprint density at radius 3 is 1.82 bits per heavy atom. The van der Waals surface area contributed by atoms with Crippen LogP contribution in [-0.4, -0.2) is 30.7 Å². The third-order valence-corrected chi connectivity index (χ3v) is 3.83. The molecule has 2 aromatic rings. The molecular weight excluding hydrogens is 436 g/mol. The zero-order valence-electron chi connectivity index (χ0n) is 19.6. The van der Waals surface area contributed by atoms with Crippen molar-refractivity contribution in [1.29, 1.82) is 0 Å². The molecule has 0 fully saturated rings. The minimum Gasteiger partial charge on any atom is -0.493 e. The van der Waals surface area contributed by atoms with E-state index in [2.05, 4.69) is 0 Å². The first-order valence-electron chi connectivity index (χ1n) is 10.1. The van der Waals surface area contributed by atoms with Gasteiger partial charge in [-0.3, -0.25) is 19.7 Å². The van der Waals surface area contributed by atoms with E-state index in [0.29, 0.717) is 18.6 Å². The van der Waals surface area contributed by atoms with Gasteiger partial charge in [0.2, 0.25) is 0 Å². The van der Waals surface area contributed by atoms with Crippen LogP contribution >= 0.6 is 0 Å². The van der Waals surface area contributed by atoms with Gasteiger partial charge >= 0.3 is 5.69 Å². The molecule has 0 saturated heterocycles. The molecule has 0 radical (unpaired) electrons. The van der Waals surface area contributed by atoms with Crippen molar-refractivity contribution in [2.24, 2.45) is 10.8 Å². The largest absolute Gasteiger partial charge is 0.493 e. The number of nitrogens with zero attached hydrogens (tertiary/aromatic N) is 1. The third-order valence-electron chi connectivity index (χ3n) is 3.83. The highest BCUT2D eigenvalue weighted by atomic mass is 19.1. The van der Waals surface area contributed by atoms with E-state index < -0.39 is 22.2 Å². The molecule has 2 aromatic carbocycles. The lowest BCUT2D eigenvalue weighted by atomic mass is 9.99. The van der Waals surface area contributed by atoms with Gasteiger partial charge in [-0.1, -0.05) is 41.5 Å². The van der Waals surface area contributed by atoms with E-state index in [1.807, 2.05) is 41.5 Å². The monoisotopic (exact) mass is 465 g/mol. The molecule has 0 heterocycles. The van der Waals surface area contributed by atoms with Crippen molar-refractivity contribution in [2.75, 3.05) is 13.2 Å². The van der Waals surface area contributed by atoms with Crippen molar-refractivity contribution in [3.8, 4) is 11.5 Å². The van der Waals surface area contributed by atoms with E-state index >= 15 is 0 Å². The van der Waals surface area contributed by atoms with Crippen LogP contribution in [0.15, 0.2) is 30.3 Å². The van der Waals surface area contributed by atoms with Gasteiger partial charge in [0.1, 0.15) is 17.4 Å². The van der Waals surface area contributed by atoms with Gasteiger partial charge in [-0.05, 0) is 23.0 Å². The predicted molar refractivity (Wildman–Crippen MR) is 120 cm³/mol. The smallest absolute Gasteiger partial charge is 0.311 e. The average Bonchev–Trinajstić information content (AvgIpc) is 2.70. The molecule has 7 nitrogen and oxygen atoms in total. The lowest BCUT2D eigenvalue weighted by molar-refractivity contribution is -0.386. The first kappa shape index (κ1) is 27.7. The lowest BCUT2D eigenvalue weighted by Gasteiger charge is -2.18. The summed E-state index contributed by atoms with van der Waals surface area (Å²) in [6, 6.07) is 5.99. The van der Waals surface area contributed by atoms with Crippen LogP contribution in [0.2, 0.25) is 0 Å². The van der Waals surface area contributed by atoms with Gasteiger partial charge in [0.05, 0.1) is 29.3 Å². The summed E-state index contributed by atoms with van der Waals surface area (Å²) in [6.45, 7) is 12.5. The van der Waals surface area contributed by atoms with E-state index in [9.17, 15) is 28.5 Å².